The molecule has 0 radical (unpaired) electrons. The first-order valence-corrected chi connectivity index (χ1v) is 10.7. The zero-order valence-corrected chi connectivity index (χ0v) is 18.4. The molecule has 1 aliphatic carbocycles. The van der Waals surface area contributed by atoms with E-state index >= 15 is 0 Å². The first-order chi connectivity index (χ1) is 12.6. The summed E-state index contributed by atoms with van der Waals surface area (Å²) in [6.07, 6.45) is 5.07. The molecular weight excluding hydrogens is 350 g/mol. The minimum Gasteiger partial charge on any atom is -0.334 e. The molecule has 27 heavy (non-hydrogen) atoms. The molecule has 1 heterocycles. The van der Waals surface area contributed by atoms with E-state index in [0.717, 1.165) is 5.02 Å². The highest BCUT2D eigenvalue weighted by atomic mass is 35.5. The highest BCUT2D eigenvalue weighted by Crippen LogP contribution is 2.61. The molecule has 0 N–H and O–H groups in total. The van der Waals surface area contributed by atoms with Crippen LogP contribution in [0.4, 0.5) is 11.4 Å². The Morgan fingerprint density at radius 1 is 0.963 bits per heavy atom. The van der Waals surface area contributed by atoms with Gasteiger partial charge >= 0.3 is 0 Å². The van der Waals surface area contributed by atoms with Crippen LogP contribution in [0.3, 0.4) is 0 Å². The van der Waals surface area contributed by atoms with Gasteiger partial charge in [0.15, 0.2) is 0 Å². The fourth-order valence-corrected chi connectivity index (χ4v) is 5.74. The van der Waals surface area contributed by atoms with Crippen LogP contribution in [-0.2, 0) is 10.8 Å². The Balaban J connectivity index is 1.98. The maximum atomic E-state index is 6.47. The number of nitrogens with zero attached hydrogens (tertiary/aromatic N) is 1. The van der Waals surface area contributed by atoms with Crippen molar-refractivity contribution in [2.75, 3.05) is 4.90 Å². The third-order valence-electron chi connectivity index (χ3n) is 7.26. The summed E-state index contributed by atoms with van der Waals surface area (Å²) in [6.45, 7) is 14.0. The Morgan fingerprint density at radius 3 is 2.33 bits per heavy atom. The number of anilines is 2. The van der Waals surface area contributed by atoms with Crippen LogP contribution < -0.4 is 4.90 Å². The minimum atomic E-state index is 0.0845. The van der Waals surface area contributed by atoms with Crippen molar-refractivity contribution in [3.05, 3.63) is 58.1 Å². The average Bonchev–Trinajstić information content (AvgIpc) is 2.77. The van der Waals surface area contributed by atoms with Gasteiger partial charge in [0.1, 0.15) is 0 Å². The average molecular weight is 382 g/mol. The molecule has 0 aromatic heterocycles. The molecular formula is C25H32ClN. The summed E-state index contributed by atoms with van der Waals surface area (Å²) in [4.78, 5) is 2.60. The van der Waals surface area contributed by atoms with Crippen LogP contribution in [0.15, 0.2) is 36.4 Å². The third-order valence-corrected chi connectivity index (χ3v) is 7.47. The molecule has 2 heteroatoms. The van der Waals surface area contributed by atoms with Crippen molar-refractivity contribution in [1.82, 2.24) is 0 Å². The van der Waals surface area contributed by atoms with Crippen molar-refractivity contribution >= 4 is 23.0 Å². The summed E-state index contributed by atoms with van der Waals surface area (Å²) in [5.74, 6) is 0. The van der Waals surface area contributed by atoms with Crippen LogP contribution in [0.2, 0.25) is 5.02 Å². The molecule has 0 spiro atoms. The van der Waals surface area contributed by atoms with Gasteiger partial charge in [0.2, 0.25) is 0 Å². The van der Waals surface area contributed by atoms with Crippen LogP contribution in [0, 0.1) is 6.92 Å². The second-order valence-electron chi connectivity index (χ2n) is 10.1. The van der Waals surface area contributed by atoms with E-state index in [2.05, 4.69) is 76.8 Å². The van der Waals surface area contributed by atoms with Gasteiger partial charge in [0, 0.05) is 21.8 Å². The summed E-state index contributed by atoms with van der Waals surface area (Å²) in [5, 5.41) is 0.825. The second kappa shape index (κ2) is 6.01. The quantitative estimate of drug-likeness (QED) is 0.489. The monoisotopic (exact) mass is 381 g/mol. The molecule has 1 aliphatic heterocycles. The Kier molecular flexibility index (Phi) is 4.20. The number of fused-ring (bicyclic) bond motifs is 3. The van der Waals surface area contributed by atoms with Crippen molar-refractivity contribution in [2.24, 2.45) is 0 Å². The van der Waals surface area contributed by atoms with Gasteiger partial charge in [-0.15, -0.1) is 0 Å². The lowest BCUT2D eigenvalue weighted by Crippen LogP contribution is -2.54. The molecule has 0 amide bonds. The van der Waals surface area contributed by atoms with Gasteiger partial charge in [-0.1, -0.05) is 64.3 Å². The molecule has 1 fully saturated rings. The smallest absolute Gasteiger partial charge is 0.0517 e. The van der Waals surface area contributed by atoms with E-state index in [1.165, 1.54) is 53.7 Å². The topological polar surface area (TPSA) is 3.24 Å². The number of rotatable bonds is 1. The highest BCUT2D eigenvalue weighted by Gasteiger charge is 2.57. The Labute approximate surface area is 169 Å². The van der Waals surface area contributed by atoms with E-state index in [-0.39, 0.29) is 16.4 Å². The number of benzene rings is 2. The predicted molar refractivity (Wildman–Crippen MR) is 118 cm³/mol. The fourth-order valence-electron chi connectivity index (χ4n) is 5.45. The molecule has 0 saturated heterocycles. The Bertz CT molecular complexity index is 873. The standard InChI is InChI=1S/C25H32ClN/c1-17-13-19(26)16-20(14-17)27-22-10-9-18(23(2,3)4)15-21(22)24(5)11-7-8-12-25(24,27)6/h9-10,13-16H,7-8,11-12H2,1-6H3/t24?,25-/m1/s1. The molecule has 1 nitrogen and oxygen atoms in total. The van der Waals surface area contributed by atoms with E-state index < -0.39 is 0 Å². The minimum absolute atomic E-state index is 0.0845. The van der Waals surface area contributed by atoms with Crippen LogP contribution in [0.1, 0.15) is 77.0 Å². The van der Waals surface area contributed by atoms with Crippen molar-refractivity contribution in [3.8, 4) is 0 Å². The number of hydrogen-bond acceptors (Lipinski definition) is 1. The van der Waals surface area contributed by atoms with E-state index in [0.29, 0.717) is 0 Å². The summed E-state index contributed by atoms with van der Waals surface area (Å²) in [7, 11) is 0. The molecule has 2 aromatic carbocycles. The van der Waals surface area contributed by atoms with Crippen LogP contribution in [0.25, 0.3) is 0 Å². The van der Waals surface area contributed by atoms with Gasteiger partial charge in [0.25, 0.3) is 0 Å². The van der Waals surface area contributed by atoms with Crippen LogP contribution in [0.5, 0.6) is 0 Å². The van der Waals surface area contributed by atoms with Crippen molar-refractivity contribution in [2.45, 2.75) is 83.6 Å². The zero-order chi connectivity index (χ0) is 19.6. The number of hydrogen-bond donors (Lipinski definition) is 0. The van der Waals surface area contributed by atoms with E-state index in [1.54, 1.807) is 0 Å². The van der Waals surface area contributed by atoms with Crippen molar-refractivity contribution in [3.63, 3.8) is 0 Å². The number of aryl methyl sites for hydroxylation is 1. The van der Waals surface area contributed by atoms with Gasteiger partial charge in [0.05, 0.1) is 5.54 Å². The maximum Gasteiger partial charge on any atom is 0.0517 e. The lowest BCUT2D eigenvalue weighted by Gasteiger charge is -2.50. The van der Waals surface area contributed by atoms with Gasteiger partial charge in [-0.3, -0.25) is 0 Å². The summed E-state index contributed by atoms with van der Waals surface area (Å²) >= 11 is 6.47. The van der Waals surface area contributed by atoms with E-state index in [1.807, 2.05) is 6.07 Å². The lowest BCUT2D eigenvalue weighted by molar-refractivity contribution is 0.194. The van der Waals surface area contributed by atoms with Gasteiger partial charge in [-0.05, 0) is 73.1 Å². The SMILES string of the molecule is Cc1cc(Cl)cc(N2c3ccc(C(C)(C)C)cc3C3(C)CCCC[C@@]23C)c1. The van der Waals surface area contributed by atoms with Gasteiger partial charge in [-0.2, -0.15) is 0 Å². The van der Waals surface area contributed by atoms with Crippen molar-refractivity contribution < 1.29 is 0 Å². The highest BCUT2D eigenvalue weighted by molar-refractivity contribution is 6.31. The van der Waals surface area contributed by atoms with Gasteiger partial charge in [-0.25, -0.2) is 0 Å². The van der Waals surface area contributed by atoms with Gasteiger partial charge < -0.3 is 4.90 Å². The third kappa shape index (κ3) is 2.73. The van der Waals surface area contributed by atoms with Crippen molar-refractivity contribution in [1.29, 1.82) is 0 Å². The summed E-state index contributed by atoms with van der Waals surface area (Å²) < 4.78 is 0. The maximum absolute atomic E-state index is 6.47. The fraction of sp³-hybridized carbons (Fsp3) is 0.520. The zero-order valence-electron chi connectivity index (χ0n) is 17.6. The summed E-state index contributed by atoms with van der Waals surface area (Å²) in [6, 6.07) is 13.7. The molecule has 2 aliphatic rings. The Hall–Kier alpha value is -1.47. The molecule has 4 rings (SSSR count). The van der Waals surface area contributed by atoms with Crippen LogP contribution >= 0.6 is 11.6 Å². The second-order valence-corrected chi connectivity index (χ2v) is 10.6. The largest absolute Gasteiger partial charge is 0.334 e. The summed E-state index contributed by atoms with van der Waals surface area (Å²) in [5.41, 5.74) is 7.19. The molecule has 2 atom stereocenters. The van der Waals surface area contributed by atoms with E-state index in [9.17, 15) is 0 Å². The molecule has 2 aromatic rings. The lowest BCUT2D eigenvalue weighted by atomic mass is 9.61. The first kappa shape index (κ1) is 18.9. The van der Waals surface area contributed by atoms with E-state index in [4.69, 9.17) is 11.6 Å². The molecule has 0 bridgehead atoms. The molecule has 1 unspecified atom stereocenters. The normalized spacial score (nSPS) is 27.4. The van der Waals surface area contributed by atoms with Crippen LogP contribution in [-0.4, -0.2) is 5.54 Å². The Morgan fingerprint density at radius 2 is 1.67 bits per heavy atom. The number of halogens is 1. The molecule has 144 valence electrons. The molecule has 1 saturated carbocycles. The predicted octanol–water partition coefficient (Wildman–Crippen LogP) is 7.69. The first-order valence-electron chi connectivity index (χ1n) is 10.3.